The van der Waals surface area contributed by atoms with E-state index in [1.54, 1.807) is 38.7 Å². The molecule has 0 spiro atoms. The third-order valence-corrected chi connectivity index (χ3v) is 5.18. The summed E-state index contributed by atoms with van der Waals surface area (Å²) in [6.07, 6.45) is 0.726. The van der Waals surface area contributed by atoms with Crippen LogP contribution in [-0.2, 0) is 6.42 Å². The molecule has 21 heavy (non-hydrogen) atoms. The monoisotopic (exact) mass is 371 g/mol. The van der Waals surface area contributed by atoms with E-state index in [9.17, 15) is 0 Å². The molecule has 2 N–H and O–H groups in total. The summed E-state index contributed by atoms with van der Waals surface area (Å²) in [6.45, 7) is 0. The Kier molecular flexibility index (Phi) is 5.50. The van der Waals surface area contributed by atoms with Crippen molar-refractivity contribution < 1.29 is 14.2 Å². The summed E-state index contributed by atoms with van der Waals surface area (Å²) in [4.78, 5) is 1.21. The zero-order chi connectivity index (χ0) is 15.4. The molecule has 0 saturated heterocycles. The van der Waals surface area contributed by atoms with Gasteiger partial charge in [0.2, 0.25) is 0 Å². The number of hydrogen-bond donors (Lipinski definition) is 1. The minimum Gasteiger partial charge on any atom is -0.496 e. The van der Waals surface area contributed by atoms with Crippen molar-refractivity contribution in [3.8, 4) is 17.2 Å². The van der Waals surface area contributed by atoms with Crippen molar-refractivity contribution in [3.05, 3.63) is 38.5 Å². The van der Waals surface area contributed by atoms with Crippen molar-refractivity contribution in [2.24, 2.45) is 5.73 Å². The smallest absolute Gasteiger partial charge is 0.164 e. The normalized spacial score (nSPS) is 12.0. The SMILES string of the molecule is COc1cc(OC)c(C(N)Cc2sccc2Br)cc1OC. The number of nitrogens with two attached hydrogens (primary N) is 1. The maximum Gasteiger partial charge on any atom is 0.164 e. The fourth-order valence-corrected chi connectivity index (χ4v) is 3.70. The molecular formula is C15H18BrNO3S. The molecule has 0 radical (unpaired) electrons. The molecule has 0 aliphatic carbocycles. The van der Waals surface area contributed by atoms with E-state index in [1.807, 2.05) is 17.5 Å². The van der Waals surface area contributed by atoms with Crippen molar-refractivity contribution in [1.82, 2.24) is 0 Å². The van der Waals surface area contributed by atoms with Crippen molar-refractivity contribution in [2.75, 3.05) is 21.3 Å². The van der Waals surface area contributed by atoms with Crippen LogP contribution in [0.5, 0.6) is 17.2 Å². The largest absolute Gasteiger partial charge is 0.496 e. The molecular weight excluding hydrogens is 354 g/mol. The summed E-state index contributed by atoms with van der Waals surface area (Å²) in [5.74, 6) is 1.98. The summed E-state index contributed by atoms with van der Waals surface area (Å²) in [6, 6.07) is 5.52. The Morgan fingerprint density at radius 1 is 1.10 bits per heavy atom. The van der Waals surface area contributed by atoms with Crippen LogP contribution < -0.4 is 19.9 Å². The predicted octanol–water partition coefficient (Wildman–Crippen LogP) is 3.78. The number of ether oxygens (including phenoxy) is 3. The maximum absolute atomic E-state index is 6.36. The summed E-state index contributed by atoms with van der Waals surface area (Å²) < 4.78 is 17.1. The predicted molar refractivity (Wildman–Crippen MR) is 88.7 cm³/mol. The van der Waals surface area contributed by atoms with Gasteiger partial charge in [-0.2, -0.15) is 0 Å². The average Bonchev–Trinajstić information content (AvgIpc) is 2.90. The Bertz CT molecular complexity index is 615. The Morgan fingerprint density at radius 2 is 1.71 bits per heavy atom. The van der Waals surface area contributed by atoms with Crippen molar-refractivity contribution >= 4 is 27.3 Å². The second-order valence-corrected chi connectivity index (χ2v) is 6.31. The van der Waals surface area contributed by atoms with Crippen LogP contribution in [0.1, 0.15) is 16.5 Å². The molecule has 114 valence electrons. The first-order valence-electron chi connectivity index (χ1n) is 6.38. The van der Waals surface area contributed by atoms with Gasteiger partial charge in [-0.25, -0.2) is 0 Å². The minimum absolute atomic E-state index is 0.185. The van der Waals surface area contributed by atoms with Gasteiger partial charge in [-0.05, 0) is 33.4 Å². The highest BCUT2D eigenvalue weighted by molar-refractivity contribution is 9.10. The number of benzene rings is 1. The third-order valence-electron chi connectivity index (χ3n) is 3.23. The van der Waals surface area contributed by atoms with Crippen LogP contribution in [-0.4, -0.2) is 21.3 Å². The number of thiophene rings is 1. The molecule has 0 amide bonds. The Labute approximate surface area is 137 Å². The van der Waals surface area contributed by atoms with Crippen LogP contribution in [0.25, 0.3) is 0 Å². The second-order valence-electron chi connectivity index (χ2n) is 4.45. The van der Waals surface area contributed by atoms with Gasteiger partial charge in [-0.1, -0.05) is 0 Å². The van der Waals surface area contributed by atoms with E-state index in [0.29, 0.717) is 17.2 Å². The first-order valence-corrected chi connectivity index (χ1v) is 8.05. The molecule has 1 unspecified atom stereocenters. The van der Waals surface area contributed by atoms with Gasteiger partial charge in [-0.15, -0.1) is 11.3 Å². The maximum atomic E-state index is 6.36. The van der Waals surface area contributed by atoms with Crippen LogP contribution in [0, 0.1) is 0 Å². The molecule has 6 heteroatoms. The molecule has 0 saturated carbocycles. The summed E-state index contributed by atoms with van der Waals surface area (Å²) in [7, 11) is 4.83. The third kappa shape index (κ3) is 3.51. The molecule has 1 heterocycles. The summed E-state index contributed by atoms with van der Waals surface area (Å²) in [5, 5.41) is 2.04. The first-order chi connectivity index (χ1) is 10.1. The van der Waals surface area contributed by atoms with Gasteiger partial charge in [0.15, 0.2) is 11.5 Å². The second kappa shape index (κ2) is 7.15. The van der Waals surface area contributed by atoms with Gasteiger partial charge in [0.1, 0.15) is 5.75 Å². The lowest BCUT2D eigenvalue weighted by Crippen LogP contribution is -2.14. The average molecular weight is 372 g/mol. The topological polar surface area (TPSA) is 53.7 Å². The standard InChI is InChI=1S/C15H18BrNO3S/c1-18-12-8-14(20-3)13(19-2)6-9(12)11(17)7-15-10(16)4-5-21-15/h4-6,8,11H,7,17H2,1-3H3. The molecule has 4 nitrogen and oxygen atoms in total. The quantitative estimate of drug-likeness (QED) is 0.839. The number of hydrogen-bond acceptors (Lipinski definition) is 5. The highest BCUT2D eigenvalue weighted by atomic mass is 79.9. The molecule has 2 rings (SSSR count). The van der Waals surface area contributed by atoms with Crippen LogP contribution >= 0.6 is 27.3 Å². The van der Waals surface area contributed by atoms with E-state index in [-0.39, 0.29) is 6.04 Å². The zero-order valence-corrected chi connectivity index (χ0v) is 14.6. The molecule has 0 fully saturated rings. The van der Waals surface area contributed by atoms with E-state index in [1.165, 1.54) is 4.88 Å². The summed E-state index contributed by atoms with van der Waals surface area (Å²) >= 11 is 5.21. The van der Waals surface area contributed by atoms with E-state index in [0.717, 1.165) is 16.5 Å². The molecule has 1 atom stereocenters. The molecule has 0 bridgehead atoms. The number of rotatable bonds is 6. The highest BCUT2D eigenvalue weighted by Gasteiger charge is 2.18. The van der Waals surface area contributed by atoms with Gasteiger partial charge in [0.25, 0.3) is 0 Å². The van der Waals surface area contributed by atoms with Gasteiger partial charge in [0.05, 0.1) is 21.3 Å². The summed E-state index contributed by atoms with van der Waals surface area (Å²) in [5.41, 5.74) is 7.25. The Balaban J connectivity index is 2.35. The fourth-order valence-electron chi connectivity index (χ4n) is 2.12. The number of methoxy groups -OCH3 is 3. The lowest BCUT2D eigenvalue weighted by Gasteiger charge is -2.18. The minimum atomic E-state index is -0.185. The molecule has 1 aromatic heterocycles. The molecule has 2 aromatic rings. The lowest BCUT2D eigenvalue weighted by molar-refractivity contribution is 0.346. The first kappa shape index (κ1) is 16.1. The van der Waals surface area contributed by atoms with E-state index >= 15 is 0 Å². The van der Waals surface area contributed by atoms with E-state index in [2.05, 4.69) is 15.9 Å². The lowest BCUT2D eigenvalue weighted by atomic mass is 10.0. The Morgan fingerprint density at radius 3 is 2.24 bits per heavy atom. The Hall–Kier alpha value is -1.24. The highest BCUT2D eigenvalue weighted by Crippen LogP contribution is 2.38. The van der Waals surface area contributed by atoms with Crippen LogP contribution in [0.15, 0.2) is 28.1 Å². The molecule has 0 aliphatic heterocycles. The van der Waals surface area contributed by atoms with Crippen molar-refractivity contribution in [2.45, 2.75) is 12.5 Å². The van der Waals surface area contributed by atoms with Gasteiger partial charge in [-0.3, -0.25) is 0 Å². The van der Waals surface area contributed by atoms with Gasteiger partial charge >= 0.3 is 0 Å². The van der Waals surface area contributed by atoms with E-state index < -0.39 is 0 Å². The van der Waals surface area contributed by atoms with Crippen LogP contribution in [0.3, 0.4) is 0 Å². The van der Waals surface area contributed by atoms with Crippen molar-refractivity contribution in [1.29, 1.82) is 0 Å². The van der Waals surface area contributed by atoms with Crippen molar-refractivity contribution in [3.63, 3.8) is 0 Å². The zero-order valence-electron chi connectivity index (χ0n) is 12.2. The van der Waals surface area contributed by atoms with Crippen LogP contribution in [0.2, 0.25) is 0 Å². The molecule has 1 aromatic carbocycles. The number of halogens is 1. The van der Waals surface area contributed by atoms with E-state index in [4.69, 9.17) is 19.9 Å². The van der Waals surface area contributed by atoms with Gasteiger partial charge in [0, 0.05) is 33.4 Å². The fraction of sp³-hybridized carbons (Fsp3) is 0.333. The molecule has 0 aliphatic rings. The van der Waals surface area contributed by atoms with Crippen LogP contribution in [0.4, 0.5) is 0 Å². The van der Waals surface area contributed by atoms with Gasteiger partial charge < -0.3 is 19.9 Å².